The van der Waals surface area contributed by atoms with Gasteiger partial charge in [-0.2, -0.15) is 8.42 Å². The second-order valence-electron chi connectivity index (χ2n) is 1.32. The van der Waals surface area contributed by atoms with Gasteiger partial charge in [-0.1, -0.05) is 6.58 Å². The van der Waals surface area contributed by atoms with Crippen LogP contribution in [0.5, 0.6) is 0 Å². The average Bonchev–Trinajstić information content (AvgIpc) is 1.63. The second kappa shape index (κ2) is 3.92. The average molecular weight is 168 g/mol. The van der Waals surface area contributed by atoms with Gasteiger partial charge < -0.3 is 0 Å². The lowest BCUT2D eigenvalue weighted by atomic mass is 11.0. The lowest BCUT2D eigenvalue weighted by Gasteiger charge is -1.90. The quantitative estimate of drug-likeness (QED) is 0.497. The van der Waals surface area contributed by atoms with E-state index in [0.29, 0.717) is 5.75 Å². The zero-order chi connectivity index (χ0) is 7.33. The summed E-state index contributed by atoms with van der Waals surface area (Å²) in [5, 5.41) is 1.53. The minimum absolute atomic E-state index is 0.205. The lowest BCUT2D eigenvalue weighted by Crippen LogP contribution is -2.05. The van der Waals surface area contributed by atoms with E-state index >= 15 is 0 Å². The molecule has 54 valence electrons. The highest BCUT2D eigenvalue weighted by atomic mass is 32.2. The van der Waals surface area contributed by atoms with Crippen molar-refractivity contribution in [2.75, 3.05) is 11.5 Å². The molecule has 0 bridgehead atoms. The van der Waals surface area contributed by atoms with Crippen LogP contribution in [0.4, 0.5) is 0 Å². The molecule has 0 atom stereocenters. The minimum Gasteiger partial charge on any atom is -0.286 e. The summed E-state index contributed by atoms with van der Waals surface area (Å²) in [5.41, 5.74) is 0. The molecule has 0 saturated heterocycles. The topological polar surface area (TPSA) is 54.4 Å². The Bertz CT molecular complexity index is 170. The van der Waals surface area contributed by atoms with Crippen LogP contribution in [0.25, 0.3) is 0 Å². The molecular formula is C4H8O3S2. The second-order valence-corrected chi connectivity index (χ2v) is 3.97. The van der Waals surface area contributed by atoms with Crippen LogP contribution >= 0.6 is 11.8 Å². The molecular weight excluding hydrogens is 160 g/mol. The van der Waals surface area contributed by atoms with Gasteiger partial charge in [0.2, 0.25) is 0 Å². The summed E-state index contributed by atoms with van der Waals surface area (Å²) in [6.07, 6.45) is 0. The van der Waals surface area contributed by atoms with Crippen molar-refractivity contribution < 1.29 is 13.0 Å². The van der Waals surface area contributed by atoms with Gasteiger partial charge in [-0.15, -0.1) is 11.8 Å². The number of hydrogen-bond donors (Lipinski definition) is 1. The summed E-state index contributed by atoms with van der Waals surface area (Å²) in [4.78, 5) is 0. The molecule has 9 heavy (non-hydrogen) atoms. The van der Waals surface area contributed by atoms with Crippen molar-refractivity contribution in [2.24, 2.45) is 0 Å². The molecule has 0 amide bonds. The van der Waals surface area contributed by atoms with Gasteiger partial charge in [0.05, 0.1) is 5.75 Å². The maximum atomic E-state index is 10.0. The molecule has 0 radical (unpaired) electrons. The molecule has 0 aromatic heterocycles. The third-order valence-corrected chi connectivity index (χ3v) is 2.23. The van der Waals surface area contributed by atoms with E-state index in [1.807, 2.05) is 0 Å². The summed E-state index contributed by atoms with van der Waals surface area (Å²) in [6.45, 7) is 3.37. The van der Waals surface area contributed by atoms with Gasteiger partial charge in [0.15, 0.2) is 0 Å². The van der Waals surface area contributed by atoms with Crippen molar-refractivity contribution in [1.29, 1.82) is 0 Å². The summed E-state index contributed by atoms with van der Waals surface area (Å²) in [7, 11) is -3.76. The Morgan fingerprint density at radius 2 is 2.22 bits per heavy atom. The molecule has 0 aliphatic heterocycles. The van der Waals surface area contributed by atoms with E-state index in [0.717, 1.165) is 0 Å². The van der Waals surface area contributed by atoms with Crippen LogP contribution in [0, 0.1) is 0 Å². The van der Waals surface area contributed by atoms with E-state index in [1.165, 1.54) is 17.2 Å². The van der Waals surface area contributed by atoms with Crippen molar-refractivity contribution in [3.8, 4) is 0 Å². The van der Waals surface area contributed by atoms with E-state index < -0.39 is 10.1 Å². The first-order valence-corrected chi connectivity index (χ1v) is 4.90. The fraction of sp³-hybridized carbons (Fsp3) is 0.500. The molecule has 0 aliphatic carbocycles. The highest BCUT2D eigenvalue weighted by molar-refractivity contribution is 8.02. The molecule has 5 heteroatoms. The Kier molecular flexibility index (Phi) is 3.92. The predicted octanol–water partition coefficient (Wildman–Crippen LogP) is 0.751. The fourth-order valence-electron chi connectivity index (χ4n) is 0.237. The van der Waals surface area contributed by atoms with Crippen LogP contribution in [-0.2, 0) is 10.1 Å². The first kappa shape index (κ1) is 9.00. The van der Waals surface area contributed by atoms with E-state index in [9.17, 15) is 8.42 Å². The van der Waals surface area contributed by atoms with E-state index in [1.54, 1.807) is 0 Å². The molecule has 0 aromatic rings. The summed E-state index contributed by atoms with van der Waals surface area (Å²) in [6, 6.07) is 0. The highest BCUT2D eigenvalue weighted by Crippen LogP contribution is 1.99. The molecule has 3 nitrogen and oxygen atoms in total. The number of rotatable bonds is 4. The van der Waals surface area contributed by atoms with Crippen LogP contribution < -0.4 is 0 Å². The fourth-order valence-corrected chi connectivity index (χ4v) is 1.63. The Morgan fingerprint density at radius 1 is 1.67 bits per heavy atom. The van der Waals surface area contributed by atoms with Gasteiger partial charge in [0, 0.05) is 5.75 Å². The Labute approximate surface area is 58.9 Å². The Morgan fingerprint density at radius 3 is 2.56 bits per heavy atom. The first-order chi connectivity index (χ1) is 4.06. The van der Waals surface area contributed by atoms with E-state index in [2.05, 4.69) is 6.58 Å². The predicted molar refractivity (Wildman–Crippen MR) is 39.1 cm³/mol. The van der Waals surface area contributed by atoms with Crippen LogP contribution in [0.2, 0.25) is 0 Å². The highest BCUT2D eigenvalue weighted by Gasteiger charge is 2.01. The van der Waals surface area contributed by atoms with E-state index in [-0.39, 0.29) is 5.75 Å². The van der Waals surface area contributed by atoms with Gasteiger partial charge in [-0.05, 0) is 5.41 Å². The largest absolute Gasteiger partial charge is 0.286 e. The van der Waals surface area contributed by atoms with Crippen molar-refractivity contribution >= 4 is 21.9 Å². The maximum absolute atomic E-state index is 10.0. The van der Waals surface area contributed by atoms with Gasteiger partial charge in [0.25, 0.3) is 10.1 Å². The van der Waals surface area contributed by atoms with Gasteiger partial charge in [-0.3, -0.25) is 4.55 Å². The number of hydrogen-bond acceptors (Lipinski definition) is 3. The minimum atomic E-state index is -3.76. The van der Waals surface area contributed by atoms with Crippen LogP contribution in [0.15, 0.2) is 12.0 Å². The molecule has 1 N–H and O–H groups in total. The third kappa shape index (κ3) is 8.00. The van der Waals surface area contributed by atoms with Crippen molar-refractivity contribution in [1.82, 2.24) is 0 Å². The zero-order valence-corrected chi connectivity index (χ0v) is 6.41. The SMILES string of the molecule is C=CSCCS(=O)(=O)O. The van der Waals surface area contributed by atoms with Gasteiger partial charge >= 0.3 is 0 Å². The molecule has 0 heterocycles. The maximum Gasteiger partial charge on any atom is 0.265 e. The monoisotopic (exact) mass is 168 g/mol. The molecule has 0 fully saturated rings. The van der Waals surface area contributed by atoms with Crippen LogP contribution in [-0.4, -0.2) is 24.5 Å². The van der Waals surface area contributed by atoms with Gasteiger partial charge in [-0.25, -0.2) is 0 Å². The molecule has 0 saturated carbocycles. The first-order valence-electron chi connectivity index (χ1n) is 2.24. The normalized spacial score (nSPS) is 11.2. The summed E-state index contributed by atoms with van der Waals surface area (Å²) >= 11 is 1.26. The Balaban J connectivity index is 3.40. The Hall–Kier alpha value is -0.0000000000000000763. The molecule has 0 rings (SSSR count). The molecule has 0 aliphatic rings. The van der Waals surface area contributed by atoms with Crippen LogP contribution in [0.3, 0.4) is 0 Å². The van der Waals surface area contributed by atoms with Gasteiger partial charge in [0.1, 0.15) is 0 Å². The molecule has 0 spiro atoms. The zero-order valence-electron chi connectivity index (χ0n) is 4.78. The standard InChI is InChI=1S/C4H8O3S2/c1-2-8-3-4-9(5,6)7/h2H,1,3-4H2,(H,5,6,7). The van der Waals surface area contributed by atoms with Crippen molar-refractivity contribution in [3.63, 3.8) is 0 Å². The third-order valence-electron chi connectivity index (χ3n) is 0.577. The molecule has 0 aromatic carbocycles. The smallest absolute Gasteiger partial charge is 0.265 e. The number of thioether (sulfide) groups is 1. The van der Waals surface area contributed by atoms with Crippen LogP contribution in [0.1, 0.15) is 0 Å². The molecule has 0 unspecified atom stereocenters. The van der Waals surface area contributed by atoms with Crippen molar-refractivity contribution in [2.45, 2.75) is 0 Å². The van der Waals surface area contributed by atoms with E-state index in [4.69, 9.17) is 4.55 Å². The summed E-state index contributed by atoms with van der Waals surface area (Å²) in [5.74, 6) is 0.159. The van der Waals surface area contributed by atoms with Crippen molar-refractivity contribution in [3.05, 3.63) is 12.0 Å². The lowest BCUT2D eigenvalue weighted by molar-refractivity contribution is 0.485. The summed E-state index contributed by atoms with van der Waals surface area (Å²) < 4.78 is 28.2.